The topological polar surface area (TPSA) is 0 Å². The van der Waals surface area contributed by atoms with Crippen LogP contribution in [0.5, 0.6) is 0 Å². The van der Waals surface area contributed by atoms with E-state index < -0.39 is 0 Å². The largest absolute Gasteiger partial charge is 0.206 e. The lowest BCUT2D eigenvalue weighted by atomic mass is 10.00. The van der Waals surface area contributed by atoms with Crippen molar-refractivity contribution in [2.45, 2.75) is 18.7 Å². The summed E-state index contributed by atoms with van der Waals surface area (Å²) >= 11 is 13.2. The van der Waals surface area contributed by atoms with Gasteiger partial charge in [0.25, 0.3) is 0 Å². The van der Waals surface area contributed by atoms with Crippen molar-refractivity contribution < 1.29 is 4.39 Å². The zero-order valence-electron chi connectivity index (χ0n) is 10.5. The van der Waals surface area contributed by atoms with Crippen molar-refractivity contribution in [3.63, 3.8) is 0 Å². The van der Waals surface area contributed by atoms with E-state index in [2.05, 4.69) is 31.9 Å². The Bertz CT molecular complexity index is 603. The van der Waals surface area contributed by atoms with Crippen LogP contribution >= 0.6 is 43.5 Å². The average molecular weight is 407 g/mol. The molecule has 0 amide bonds. The Kier molecular flexibility index (Phi) is 4.70. The van der Waals surface area contributed by atoms with Crippen LogP contribution in [0.4, 0.5) is 4.39 Å². The summed E-state index contributed by atoms with van der Waals surface area (Å²) in [5.41, 5.74) is 3.34. The maximum atomic E-state index is 13.7. The molecule has 2 aromatic carbocycles. The third kappa shape index (κ3) is 3.21. The summed E-state index contributed by atoms with van der Waals surface area (Å²) in [7, 11) is 0. The van der Waals surface area contributed by atoms with Gasteiger partial charge in [-0.05, 0) is 54.3 Å². The molecule has 1 atom stereocenters. The molecule has 19 heavy (non-hydrogen) atoms. The second-order valence-electron chi connectivity index (χ2n) is 4.50. The van der Waals surface area contributed by atoms with Crippen LogP contribution < -0.4 is 0 Å². The van der Waals surface area contributed by atoms with Crippen molar-refractivity contribution in [1.82, 2.24) is 0 Å². The molecule has 0 saturated carbocycles. The van der Waals surface area contributed by atoms with E-state index in [-0.39, 0.29) is 10.6 Å². The molecule has 0 saturated heterocycles. The standard InChI is InChI=1S/C15H12Br2ClF/c1-8-5-10(6-9(2)15(8)19)14(17)12-7-11(18)3-4-13(12)16/h3-7,14H,1-2H3. The van der Waals surface area contributed by atoms with Gasteiger partial charge in [0.15, 0.2) is 0 Å². The minimum atomic E-state index is -0.145. The Hall–Kier alpha value is -0.380. The van der Waals surface area contributed by atoms with Crippen LogP contribution in [0, 0.1) is 19.7 Å². The monoisotopic (exact) mass is 404 g/mol. The van der Waals surface area contributed by atoms with E-state index >= 15 is 0 Å². The van der Waals surface area contributed by atoms with Gasteiger partial charge in [0, 0.05) is 9.50 Å². The first kappa shape index (κ1) is 15.0. The molecule has 1 unspecified atom stereocenters. The second-order valence-corrected chi connectivity index (χ2v) is 6.70. The van der Waals surface area contributed by atoms with Gasteiger partial charge in [0.05, 0.1) is 4.83 Å². The zero-order valence-corrected chi connectivity index (χ0v) is 14.4. The minimum absolute atomic E-state index is 0.0291. The number of rotatable bonds is 2. The summed E-state index contributed by atoms with van der Waals surface area (Å²) in [5, 5.41) is 0.679. The van der Waals surface area contributed by atoms with Crippen LogP contribution in [0.2, 0.25) is 5.02 Å². The molecule has 0 N–H and O–H groups in total. The van der Waals surface area contributed by atoms with Crippen molar-refractivity contribution in [1.29, 1.82) is 0 Å². The van der Waals surface area contributed by atoms with E-state index in [1.165, 1.54) is 0 Å². The summed E-state index contributed by atoms with van der Waals surface area (Å²) < 4.78 is 14.6. The molecule has 0 aromatic heterocycles. The van der Waals surface area contributed by atoms with Gasteiger partial charge in [0.2, 0.25) is 0 Å². The molecule has 0 aliphatic heterocycles. The number of hydrogen-bond acceptors (Lipinski definition) is 0. The highest BCUT2D eigenvalue weighted by Gasteiger charge is 2.16. The SMILES string of the molecule is Cc1cc(C(Br)c2cc(Cl)ccc2Br)cc(C)c1F. The second kappa shape index (κ2) is 5.94. The van der Waals surface area contributed by atoms with Gasteiger partial charge in [-0.2, -0.15) is 0 Å². The van der Waals surface area contributed by atoms with E-state index in [4.69, 9.17) is 11.6 Å². The van der Waals surface area contributed by atoms with Gasteiger partial charge in [0.1, 0.15) is 5.82 Å². The Morgan fingerprint density at radius 2 is 1.68 bits per heavy atom. The molecule has 2 aromatic rings. The van der Waals surface area contributed by atoms with E-state index in [0.717, 1.165) is 15.6 Å². The van der Waals surface area contributed by atoms with E-state index in [9.17, 15) is 4.39 Å². The molecule has 0 spiro atoms. The molecule has 0 aliphatic carbocycles. The summed E-state index contributed by atoms with van der Waals surface area (Å²) in [6, 6.07) is 9.36. The maximum absolute atomic E-state index is 13.7. The van der Waals surface area contributed by atoms with Crippen LogP contribution in [0.3, 0.4) is 0 Å². The van der Waals surface area contributed by atoms with Gasteiger partial charge in [-0.3, -0.25) is 0 Å². The highest BCUT2D eigenvalue weighted by Crippen LogP contribution is 2.37. The summed E-state index contributed by atoms with van der Waals surface area (Å²) in [6.07, 6.45) is 0. The molecule has 0 aliphatic rings. The lowest BCUT2D eigenvalue weighted by Gasteiger charge is -2.15. The van der Waals surface area contributed by atoms with Gasteiger partial charge < -0.3 is 0 Å². The predicted molar refractivity (Wildman–Crippen MR) is 85.8 cm³/mol. The van der Waals surface area contributed by atoms with Crippen molar-refractivity contribution in [3.8, 4) is 0 Å². The fourth-order valence-electron chi connectivity index (χ4n) is 2.01. The first-order valence-electron chi connectivity index (χ1n) is 5.76. The Balaban J connectivity index is 2.49. The zero-order chi connectivity index (χ0) is 14.2. The molecule has 0 fully saturated rings. The van der Waals surface area contributed by atoms with E-state index in [1.807, 2.05) is 30.3 Å². The molecule has 4 heteroatoms. The maximum Gasteiger partial charge on any atom is 0.129 e. The van der Waals surface area contributed by atoms with Crippen molar-refractivity contribution in [3.05, 3.63) is 67.9 Å². The fourth-order valence-corrected chi connectivity index (χ4v) is 3.62. The third-order valence-corrected chi connectivity index (χ3v) is 4.96. The van der Waals surface area contributed by atoms with E-state index in [0.29, 0.717) is 16.1 Å². The number of halogens is 4. The molecule has 0 radical (unpaired) electrons. The summed E-state index contributed by atoms with van der Waals surface area (Å²) in [4.78, 5) is -0.0291. The molecular formula is C15H12Br2ClF. The Labute approximate surface area is 134 Å². The number of aryl methyl sites for hydroxylation is 2. The van der Waals surface area contributed by atoms with Gasteiger partial charge in [-0.25, -0.2) is 4.39 Å². The Morgan fingerprint density at radius 1 is 1.11 bits per heavy atom. The van der Waals surface area contributed by atoms with Gasteiger partial charge in [-0.15, -0.1) is 0 Å². The molecule has 0 nitrogen and oxygen atoms in total. The van der Waals surface area contributed by atoms with Crippen LogP contribution in [-0.2, 0) is 0 Å². The number of alkyl halides is 1. The van der Waals surface area contributed by atoms with Crippen LogP contribution in [0.15, 0.2) is 34.8 Å². The van der Waals surface area contributed by atoms with Crippen LogP contribution in [-0.4, -0.2) is 0 Å². The first-order valence-corrected chi connectivity index (χ1v) is 7.84. The quantitative estimate of drug-likeness (QED) is 0.510. The van der Waals surface area contributed by atoms with Crippen LogP contribution in [0.25, 0.3) is 0 Å². The highest BCUT2D eigenvalue weighted by molar-refractivity contribution is 9.11. The average Bonchev–Trinajstić information content (AvgIpc) is 2.37. The van der Waals surface area contributed by atoms with Crippen molar-refractivity contribution in [2.75, 3.05) is 0 Å². The van der Waals surface area contributed by atoms with Crippen LogP contribution in [0.1, 0.15) is 27.1 Å². The molecule has 0 heterocycles. The lowest BCUT2D eigenvalue weighted by Crippen LogP contribution is -1.98. The molecule has 100 valence electrons. The number of hydrogen-bond donors (Lipinski definition) is 0. The predicted octanol–water partition coefficient (Wildman–Crippen LogP) is 6.34. The summed E-state index contributed by atoms with van der Waals surface area (Å²) in [6.45, 7) is 3.55. The lowest BCUT2D eigenvalue weighted by molar-refractivity contribution is 0.608. The number of benzene rings is 2. The summed E-state index contributed by atoms with van der Waals surface area (Å²) in [5.74, 6) is -0.145. The smallest absolute Gasteiger partial charge is 0.129 e. The van der Waals surface area contributed by atoms with Gasteiger partial charge in [-0.1, -0.05) is 55.6 Å². The fraction of sp³-hybridized carbons (Fsp3) is 0.200. The van der Waals surface area contributed by atoms with Crippen molar-refractivity contribution >= 4 is 43.5 Å². The molecular weight excluding hydrogens is 394 g/mol. The normalized spacial score (nSPS) is 12.5. The van der Waals surface area contributed by atoms with E-state index in [1.54, 1.807) is 13.8 Å². The minimum Gasteiger partial charge on any atom is -0.206 e. The van der Waals surface area contributed by atoms with Gasteiger partial charge >= 0.3 is 0 Å². The molecule has 2 rings (SSSR count). The molecule has 0 bridgehead atoms. The van der Waals surface area contributed by atoms with Crippen molar-refractivity contribution in [2.24, 2.45) is 0 Å². The Morgan fingerprint density at radius 3 is 2.26 bits per heavy atom. The first-order chi connectivity index (χ1) is 8.90. The third-order valence-electron chi connectivity index (χ3n) is 2.98. The highest BCUT2D eigenvalue weighted by atomic mass is 79.9.